The number of benzene rings is 2. The number of esters is 1. The zero-order chi connectivity index (χ0) is 37.6. The van der Waals surface area contributed by atoms with Gasteiger partial charge in [-0.05, 0) is 43.5 Å². The number of methoxy groups -OCH3 is 4. The van der Waals surface area contributed by atoms with Crippen molar-refractivity contribution in [2.45, 2.75) is 75.1 Å². The van der Waals surface area contributed by atoms with Crippen LogP contribution in [0.1, 0.15) is 81.0 Å². The molecule has 4 aliphatic rings. The van der Waals surface area contributed by atoms with Crippen LogP contribution < -0.4 is 5.32 Å². The number of Topliss-reactive ketones (excluding diaryl/α,β-unsaturated/α-hetero) is 3. The number of fused-ring (bicyclic) bond motifs is 5. The summed E-state index contributed by atoms with van der Waals surface area (Å²) >= 11 is 0. The molecular formula is C35H37NO15. The van der Waals surface area contributed by atoms with Crippen LogP contribution in [0.3, 0.4) is 0 Å². The molecule has 2 aromatic rings. The Morgan fingerprint density at radius 3 is 2.16 bits per heavy atom. The maximum atomic E-state index is 14.7. The number of hydrogen-bond acceptors (Lipinski definition) is 16. The standard InChI is InChI=1S/C35H37NO15/c1-11-12(2)20(33(45)49-6)26(41)23-14(11)9-19(38)35(50-7)31(44)22-16(30(43)34(23,35)46)8-15-21(25(22)40)18(37)10-17(24(15)39)36-32-29(48-5)27(42)28(47-4)13(3)51-32/h8,10,13,19,27-29,32,36,38,40-42,46H,9H2,1-7H3/t13-,19+,27+,28-,29+,32-,34-,35+/m0/s1. The predicted molar refractivity (Wildman–Crippen MR) is 171 cm³/mol. The van der Waals surface area contributed by atoms with Crippen LogP contribution in [0.5, 0.6) is 11.5 Å². The Labute approximate surface area is 290 Å². The molecule has 0 radical (unpaired) electrons. The van der Waals surface area contributed by atoms with Crippen molar-refractivity contribution in [2.75, 3.05) is 28.4 Å². The predicted octanol–water partition coefficient (Wildman–Crippen LogP) is 0.0584. The first kappa shape index (κ1) is 36.2. The first-order valence-corrected chi connectivity index (χ1v) is 15.8. The van der Waals surface area contributed by atoms with Crippen molar-refractivity contribution in [3.63, 3.8) is 0 Å². The molecule has 51 heavy (non-hydrogen) atoms. The average Bonchev–Trinajstić information content (AvgIpc) is 3.08. The Bertz CT molecular complexity index is 1970. The van der Waals surface area contributed by atoms with E-state index in [1.54, 1.807) is 6.92 Å². The molecule has 2 aromatic carbocycles. The van der Waals surface area contributed by atoms with Gasteiger partial charge in [-0.2, -0.15) is 0 Å². The third-order valence-electron chi connectivity index (χ3n) is 10.7. The number of aliphatic hydroxyl groups is 3. The lowest BCUT2D eigenvalue weighted by molar-refractivity contribution is -0.236. The normalized spacial score (nSPS) is 31.3. The van der Waals surface area contributed by atoms with Gasteiger partial charge in [-0.25, -0.2) is 4.79 Å². The highest BCUT2D eigenvalue weighted by Gasteiger charge is 2.73. The highest BCUT2D eigenvalue weighted by atomic mass is 16.6. The monoisotopic (exact) mass is 711 g/mol. The fraction of sp³-hybridized carbons (Fsp3) is 0.457. The van der Waals surface area contributed by atoms with Crippen molar-refractivity contribution in [1.82, 2.24) is 5.32 Å². The smallest absolute Gasteiger partial charge is 0.341 e. The van der Waals surface area contributed by atoms with Crippen molar-refractivity contribution in [1.29, 1.82) is 0 Å². The Morgan fingerprint density at radius 1 is 0.922 bits per heavy atom. The number of aromatic hydroxyl groups is 2. The largest absolute Gasteiger partial charge is 0.507 e. The second-order valence-electron chi connectivity index (χ2n) is 13.0. The SMILES string of the molecule is COC(=O)c1c(C)c(C)c2c(c1O)[C@]1(O)C(=O)c3cc4c(c(O)c3C(=O)[C@]1(OC)[C@H](O)C2)C(=O)C=C(N[C@H]1O[C@@H](C)[C@H](OC)[C@@H](O)[C@H]1OC)C4=O. The molecule has 1 heterocycles. The summed E-state index contributed by atoms with van der Waals surface area (Å²) in [5.41, 5.74) is -9.73. The van der Waals surface area contributed by atoms with E-state index in [1.165, 1.54) is 28.1 Å². The molecule has 3 aliphatic carbocycles. The van der Waals surface area contributed by atoms with Crippen LogP contribution in [0.25, 0.3) is 0 Å². The summed E-state index contributed by atoms with van der Waals surface area (Å²) in [6.07, 6.45) is -6.56. The minimum absolute atomic E-state index is 0.0418. The van der Waals surface area contributed by atoms with Crippen molar-refractivity contribution >= 4 is 29.1 Å². The molecule has 6 rings (SSSR count). The summed E-state index contributed by atoms with van der Waals surface area (Å²) < 4.78 is 26.9. The molecular weight excluding hydrogens is 674 g/mol. The number of carbonyl (C=O) groups excluding carboxylic acids is 5. The molecule has 0 unspecified atom stereocenters. The van der Waals surface area contributed by atoms with Crippen LogP contribution in [0, 0.1) is 13.8 Å². The second-order valence-corrected chi connectivity index (χ2v) is 13.0. The highest BCUT2D eigenvalue weighted by Crippen LogP contribution is 2.57. The molecule has 8 atom stereocenters. The fourth-order valence-electron chi connectivity index (χ4n) is 8.08. The zero-order valence-corrected chi connectivity index (χ0v) is 28.6. The van der Waals surface area contributed by atoms with Gasteiger partial charge in [0.2, 0.25) is 17.3 Å². The average molecular weight is 712 g/mol. The fourth-order valence-corrected chi connectivity index (χ4v) is 8.08. The minimum Gasteiger partial charge on any atom is -0.507 e. The number of carbonyl (C=O) groups is 5. The van der Waals surface area contributed by atoms with Gasteiger partial charge in [-0.1, -0.05) is 0 Å². The number of hydrogen-bond donors (Lipinski definition) is 6. The molecule has 272 valence electrons. The highest BCUT2D eigenvalue weighted by molar-refractivity contribution is 6.31. The lowest BCUT2D eigenvalue weighted by Crippen LogP contribution is -2.73. The van der Waals surface area contributed by atoms with Gasteiger partial charge in [0.25, 0.3) is 0 Å². The van der Waals surface area contributed by atoms with Gasteiger partial charge < -0.3 is 54.5 Å². The van der Waals surface area contributed by atoms with E-state index in [9.17, 15) is 49.5 Å². The number of ether oxygens (including phenoxy) is 5. The summed E-state index contributed by atoms with van der Waals surface area (Å²) in [4.78, 5) is 69.5. The summed E-state index contributed by atoms with van der Waals surface area (Å²) in [5.74, 6) is -7.65. The van der Waals surface area contributed by atoms with Crippen LogP contribution in [0.2, 0.25) is 0 Å². The maximum absolute atomic E-state index is 14.7. The number of aliphatic hydroxyl groups excluding tert-OH is 2. The van der Waals surface area contributed by atoms with Gasteiger partial charge in [0.15, 0.2) is 23.2 Å². The molecule has 16 heteroatoms. The van der Waals surface area contributed by atoms with Crippen molar-refractivity contribution < 1.29 is 73.2 Å². The molecule has 1 fully saturated rings. The summed E-state index contributed by atoms with van der Waals surface area (Å²) in [5, 5.41) is 60.7. The molecule has 0 bridgehead atoms. The second kappa shape index (κ2) is 12.3. The lowest BCUT2D eigenvalue weighted by atomic mass is 9.56. The number of nitrogens with one attached hydrogen (secondary N) is 1. The molecule has 1 aliphatic heterocycles. The van der Waals surface area contributed by atoms with Crippen LogP contribution >= 0.6 is 0 Å². The van der Waals surface area contributed by atoms with E-state index in [4.69, 9.17) is 23.7 Å². The van der Waals surface area contributed by atoms with Crippen LogP contribution in [-0.4, -0.2) is 125 Å². The summed E-state index contributed by atoms with van der Waals surface area (Å²) in [7, 11) is 4.64. The molecule has 1 saturated heterocycles. The van der Waals surface area contributed by atoms with Gasteiger partial charge in [-0.15, -0.1) is 0 Å². The molecule has 0 aromatic heterocycles. The summed E-state index contributed by atoms with van der Waals surface area (Å²) in [6, 6.07) is 0.852. The Kier molecular flexibility index (Phi) is 8.74. The Hall–Kier alpha value is -4.55. The van der Waals surface area contributed by atoms with Crippen LogP contribution in [0.15, 0.2) is 17.8 Å². The van der Waals surface area contributed by atoms with E-state index in [-0.39, 0.29) is 22.4 Å². The van der Waals surface area contributed by atoms with Gasteiger partial charge in [-0.3, -0.25) is 19.2 Å². The van der Waals surface area contributed by atoms with Crippen molar-refractivity contribution in [2.24, 2.45) is 0 Å². The third-order valence-corrected chi connectivity index (χ3v) is 10.7. The quantitative estimate of drug-likeness (QED) is 0.217. The lowest BCUT2D eigenvalue weighted by Gasteiger charge is -2.53. The number of phenols is 2. The molecule has 0 spiro atoms. The van der Waals surface area contributed by atoms with E-state index in [0.29, 0.717) is 0 Å². The van der Waals surface area contributed by atoms with Crippen LogP contribution in [-0.2, 0) is 35.7 Å². The molecule has 0 amide bonds. The first-order chi connectivity index (χ1) is 24.0. The van der Waals surface area contributed by atoms with Crippen molar-refractivity contribution in [3.8, 4) is 11.5 Å². The van der Waals surface area contributed by atoms with E-state index in [1.807, 2.05) is 0 Å². The maximum Gasteiger partial charge on any atom is 0.341 e. The summed E-state index contributed by atoms with van der Waals surface area (Å²) in [6.45, 7) is 4.61. The number of allylic oxidation sites excluding steroid dienone is 2. The van der Waals surface area contributed by atoms with Crippen molar-refractivity contribution in [3.05, 3.63) is 67.9 Å². The number of ketones is 4. The number of phenolic OH excluding ortho intramolecular Hbond substituents is 2. The van der Waals surface area contributed by atoms with Gasteiger partial charge in [0, 0.05) is 50.5 Å². The zero-order valence-electron chi connectivity index (χ0n) is 28.6. The Morgan fingerprint density at radius 2 is 1.57 bits per heavy atom. The van der Waals surface area contributed by atoms with E-state index in [2.05, 4.69) is 5.32 Å². The van der Waals surface area contributed by atoms with E-state index >= 15 is 0 Å². The third kappa shape index (κ3) is 4.54. The topological polar surface area (TPSA) is 245 Å². The number of rotatable bonds is 6. The minimum atomic E-state index is -3.24. The van der Waals surface area contributed by atoms with E-state index in [0.717, 1.165) is 26.4 Å². The first-order valence-electron chi connectivity index (χ1n) is 15.8. The Balaban J connectivity index is 1.53. The van der Waals surface area contributed by atoms with Gasteiger partial charge in [0.1, 0.15) is 35.4 Å². The molecule has 16 nitrogen and oxygen atoms in total. The molecule has 6 N–H and O–H groups in total. The molecule has 0 saturated carbocycles. The van der Waals surface area contributed by atoms with E-state index < -0.39 is 128 Å². The van der Waals surface area contributed by atoms with Gasteiger partial charge >= 0.3 is 5.97 Å². The van der Waals surface area contributed by atoms with Crippen LogP contribution in [0.4, 0.5) is 0 Å². The van der Waals surface area contributed by atoms with Gasteiger partial charge in [0.05, 0.1) is 36.1 Å².